The second-order valence-electron chi connectivity index (χ2n) is 3.68. The standard InChI is InChI=1S/C12H12F2N2O3/c1-2-19-11(18)12(13,14)10(16)8-5-3-4-7(6-15)9(8)17/h3-5,10,17H,2,16H2,1H3/t10-/m0/s1. The number of rotatable bonds is 4. The topological polar surface area (TPSA) is 96.3 Å². The van der Waals surface area contributed by atoms with Crippen molar-refractivity contribution in [3.8, 4) is 11.8 Å². The van der Waals surface area contributed by atoms with Crippen molar-refractivity contribution in [3.63, 3.8) is 0 Å². The minimum Gasteiger partial charge on any atom is -0.506 e. The number of nitriles is 1. The fourth-order valence-corrected chi connectivity index (χ4v) is 1.45. The van der Waals surface area contributed by atoms with Gasteiger partial charge >= 0.3 is 11.9 Å². The molecule has 1 rings (SSSR count). The van der Waals surface area contributed by atoms with Crippen LogP contribution in [0.3, 0.4) is 0 Å². The summed E-state index contributed by atoms with van der Waals surface area (Å²) in [5, 5.41) is 18.3. The monoisotopic (exact) mass is 270 g/mol. The van der Waals surface area contributed by atoms with E-state index >= 15 is 0 Å². The summed E-state index contributed by atoms with van der Waals surface area (Å²) in [5.74, 6) is -6.44. The van der Waals surface area contributed by atoms with Crippen LogP contribution in [0.25, 0.3) is 0 Å². The molecule has 0 aliphatic carbocycles. The predicted molar refractivity (Wildman–Crippen MR) is 61.3 cm³/mol. The molecule has 0 amide bonds. The van der Waals surface area contributed by atoms with E-state index in [1.54, 1.807) is 6.07 Å². The van der Waals surface area contributed by atoms with Crippen molar-refractivity contribution in [1.29, 1.82) is 5.26 Å². The first-order valence-corrected chi connectivity index (χ1v) is 5.38. The van der Waals surface area contributed by atoms with Crippen molar-refractivity contribution in [2.45, 2.75) is 18.9 Å². The van der Waals surface area contributed by atoms with Crippen molar-refractivity contribution in [2.75, 3.05) is 6.61 Å². The average Bonchev–Trinajstić information content (AvgIpc) is 2.38. The van der Waals surface area contributed by atoms with E-state index in [2.05, 4.69) is 4.74 Å². The Morgan fingerprint density at radius 1 is 1.63 bits per heavy atom. The summed E-state index contributed by atoms with van der Waals surface area (Å²) in [4.78, 5) is 11.1. The quantitative estimate of drug-likeness (QED) is 0.807. The van der Waals surface area contributed by atoms with Crippen LogP contribution in [0.1, 0.15) is 24.1 Å². The number of carbonyl (C=O) groups excluding carboxylic acids is 1. The molecule has 0 radical (unpaired) electrons. The fourth-order valence-electron chi connectivity index (χ4n) is 1.45. The molecule has 0 saturated carbocycles. The SMILES string of the molecule is CCOC(=O)C(F)(F)[C@@H](N)c1cccc(C#N)c1O. The molecule has 0 spiro atoms. The Balaban J connectivity index is 3.17. The number of aromatic hydroxyl groups is 1. The maximum absolute atomic E-state index is 13.7. The molecule has 1 aromatic carbocycles. The zero-order valence-corrected chi connectivity index (χ0v) is 10.1. The highest BCUT2D eigenvalue weighted by atomic mass is 19.3. The van der Waals surface area contributed by atoms with E-state index in [4.69, 9.17) is 11.0 Å². The van der Waals surface area contributed by atoms with Gasteiger partial charge in [0.1, 0.15) is 17.9 Å². The van der Waals surface area contributed by atoms with Gasteiger partial charge in [0, 0.05) is 5.56 Å². The molecule has 0 heterocycles. The predicted octanol–water partition coefficient (Wildman–Crippen LogP) is 1.46. The number of esters is 1. The third-order valence-corrected chi connectivity index (χ3v) is 2.46. The number of halogens is 2. The molecule has 0 aliphatic rings. The van der Waals surface area contributed by atoms with Gasteiger partial charge in [-0.05, 0) is 13.0 Å². The Kier molecular flexibility index (Phi) is 4.40. The first kappa shape index (κ1) is 14.9. The Labute approximate surface area is 108 Å². The Bertz CT molecular complexity index is 526. The van der Waals surface area contributed by atoms with Gasteiger partial charge in [-0.15, -0.1) is 0 Å². The highest BCUT2D eigenvalue weighted by Crippen LogP contribution is 2.36. The number of phenolic OH excluding ortho intramolecular Hbond substituents is 1. The normalized spacial score (nSPS) is 12.6. The fraction of sp³-hybridized carbons (Fsp3) is 0.333. The lowest BCUT2D eigenvalue weighted by molar-refractivity contribution is -0.174. The maximum Gasteiger partial charge on any atom is 0.379 e. The minimum atomic E-state index is -4.00. The maximum atomic E-state index is 13.7. The number of benzene rings is 1. The molecule has 0 bridgehead atoms. The number of hydrogen-bond acceptors (Lipinski definition) is 5. The van der Waals surface area contributed by atoms with Crippen molar-refractivity contribution >= 4 is 5.97 Å². The largest absolute Gasteiger partial charge is 0.506 e. The molecule has 0 fully saturated rings. The zero-order valence-electron chi connectivity index (χ0n) is 10.1. The molecule has 0 aliphatic heterocycles. The smallest absolute Gasteiger partial charge is 0.379 e. The van der Waals surface area contributed by atoms with Crippen molar-refractivity contribution in [1.82, 2.24) is 0 Å². The number of nitrogens with zero attached hydrogens (tertiary/aromatic N) is 1. The molecular weight excluding hydrogens is 258 g/mol. The molecule has 102 valence electrons. The Hall–Kier alpha value is -2.20. The van der Waals surface area contributed by atoms with E-state index in [1.807, 2.05) is 0 Å². The second-order valence-corrected chi connectivity index (χ2v) is 3.68. The van der Waals surface area contributed by atoms with E-state index < -0.39 is 29.2 Å². The molecule has 19 heavy (non-hydrogen) atoms. The van der Waals surface area contributed by atoms with E-state index in [0.717, 1.165) is 6.07 Å². The third kappa shape index (κ3) is 2.80. The van der Waals surface area contributed by atoms with Gasteiger partial charge in [-0.1, -0.05) is 12.1 Å². The lowest BCUT2D eigenvalue weighted by atomic mass is 9.98. The van der Waals surface area contributed by atoms with Crippen LogP contribution in [0.5, 0.6) is 5.75 Å². The van der Waals surface area contributed by atoms with Crippen LogP contribution in [-0.4, -0.2) is 23.6 Å². The lowest BCUT2D eigenvalue weighted by Gasteiger charge is -2.22. The summed E-state index contributed by atoms with van der Waals surface area (Å²) in [6, 6.07) is 3.18. The summed E-state index contributed by atoms with van der Waals surface area (Å²) in [7, 11) is 0. The molecule has 7 heteroatoms. The zero-order chi connectivity index (χ0) is 14.6. The molecule has 1 atom stereocenters. The molecule has 5 nitrogen and oxygen atoms in total. The first-order valence-electron chi connectivity index (χ1n) is 5.38. The van der Waals surface area contributed by atoms with Gasteiger partial charge in [0.2, 0.25) is 0 Å². The highest BCUT2D eigenvalue weighted by Gasteiger charge is 2.48. The summed E-state index contributed by atoms with van der Waals surface area (Å²) in [5.41, 5.74) is 4.72. The molecular formula is C12H12F2N2O3. The number of carbonyl (C=O) groups is 1. The van der Waals surface area contributed by atoms with E-state index in [1.165, 1.54) is 19.1 Å². The Morgan fingerprint density at radius 3 is 2.79 bits per heavy atom. The number of ether oxygens (including phenoxy) is 1. The van der Waals surface area contributed by atoms with Crippen molar-refractivity contribution in [3.05, 3.63) is 29.3 Å². The van der Waals surface area contributed by atoms with Gasteiger partial charge in [0.15, 0.2) is 0 Å². The van der Waals surface area contributed by atoms with Crippen LogP contribution in [0.2, 0.25) is 0 Å². The lowest BCUT2D eigenvalue weighted by Crippen LogP contribution is -2.41. The molecule has 1 aromatic rings. The number of alkyl halides is 2. The third-order valence-electron chi connectivity index (χ3n) is 2.46. The molecule has 0 aromatic heterocycles. The second kappa shape index (κ2) is 5.63. The Morgan fingerprint density at radius 2 is 2.26 bits per heavy atom. The van der Waals surface area contributed by atoms with Gasteiger partial charge in [0.25, 0.3) is 0 Å². The molecule has 0 saturated heterocycles. The number of hydrogen-bond donors (Lipinski definition) is 2. The summed E-state index contributed by atoms with van der Waals surface area (Å²) < 4.78 is 31.6. The van der Waals surface area contributed by atoms with Crippen LogP contribution < -0.4 is 5.73 Å². The molecule has 0 unspecified atom stereocenters. The van der Waals surface area contributed by atoms with E-state index in [0.29, 0.717) is 0 Å². The summed E-state index contributed by atoms with van der Waals surface area (Å²) in [6.07, 6.45) is 0. The van der Waals surface area contributed by atoms with Gasteiger partial charge in [0.05, 0.1) is 12.2 Å². The molecule has 3 N–H and O–H groups in total. The minimum absolute atomic E-state index is 0.201. The van der Waals surface area contributed by atoms with Crippen molar-refractivity contribution < 1.29 is 23.4 Å². The van der Waals surface area contributed by atoms with E-state index in [-0.39, 0.29) is 12.2 Å². The van der Waals surface area contributed by atoms with Gasteiger partial charge in [-0.3, -0.25) is 0 Å². The number of nitrogens with two attached hydrogens (primary N) is 1. The van der Waals surface area contributed by atoms with Gasteiger partial charge in [-0.2, -0.15) is 14.0 Å². The first-order chi connectivity index (χ1) is 8.86. The van der Waals surface area contributed by atoms with Crippen LogP contribution >= 0.6 is 0 Å². The highest BCUT2D eigenvalue weighted by molar-refractivity contribution is 5.79. The number of phenols is 1. The average molecular weight is 270 g/mol. The van der Waals surface area contributed by atoms with Crippen molar-refractivity contribution in [2.24, 2.45) is 5.73 Å². The summed E-state index contributed by atoms with van der Waals surface area (Å²) >= 11 is 0. The van der Waals surface area contributed by atoms with Crippen LogP contribution in [0, 0.1) is 11.3 Å². The van der Waals surface area contributed by atoms with Gasteiger partial charge < -0.3 is 15.6 Å². The van der Waals surface area contributed by atoms with Crippen LogP contribution in [-0.2, 0) is 9.53 Å². The van der Waals surface area contributed by atoms with Crippen LogP contribution in [0.4, 0.5) is 8.78 Å². The van der Waals surface area contributed by atoms with Crippen LogP contribution in [0.15, 0.2) is 18.2 Å². The van der Waals surface area contributed by atoms with Gasteiger partial charge in [-0.25, -0.2) is 4.79 Å². The number of para-hydroxylation sites is 1. The summed E-state index contributed by atoms with van der Waals surface area (Å²) in [6.45, 7) is 1.17. The van der Waals surface area contributed by atoms with E-state index in [9.17, 15) is 18.7 Å².